The van der Waals surface area contributed by atoms with Crippen LogP contribution in [0.25, 0.3) is 0 Å². The Balaban J connectivity index is 1.36. The van der Waals surface area contributed by atoms with E-state index in [1.54, 1.807) is 5.57 Å². The molecule has 0 aromatic rings. The van der Waals surface area contributed by atoms with Gasteiger partial charge in [-0.05, 0) is 74.5 Å². The van der Waals surface area contributed by atoms with E-state index in [1.165, 1.54) is 6.42 Å². The summed E-state index contributed by atoms with van der Waals surface area (Å²) in [5.41, 5.74) is 1.77. The van der Waals surface area contributed by atoms with Crippen molar-refractivity contribution in [3.05, 3.63) is 11.6 Å². The summed E-state index contributed by atoms with van der Waals surface area (Å²) < 4.78 is 5.82. The first-order chi connectivity index (χ1) is 12.4. The number of carbonyl (C=O) groups excluding carboxylic acids is 2. The molecule has 3 nitrogen and oxygen atoms in total. The summed E-state index contributed by atoms with van der Waals surface area (Å²) in [4.78, 5) is 24.6. The standard InChI is InChI=1S/C23H32O3/c1-22-11-9-16(26-21(25)14-3-4-14)13-15(22)5-6-17-18-7-8-20(24)23(18,2)12-10-19(17)22/h5,14,16-19H,3-4,6-13H2,1-2H3/t16-,17-,18-,19-,22-,23-/m0/s1. The van der Waals surface area contributed by atoms with Gasteiger partial charge in [0.1, 0.15) is 11.9 Å². The Morgan fingerprint density at radius 3 is 2.54 bits per heavy atom. The maximum atomic E-state index is 12.5. The van der Waals surface area contributed by atoms with E-state index in [-0.39, 0.29) is 28.8 Å². The fourth-order valence-corrected chi connectivity index (χ4v) is 7.08. The van der Waals surface area contributed by atoms with Crippen molar-refractivity contribution in [1.29, 1.82) is 0 Å². The molecule has 0 spiro atoms. The number of esters is 1. The van der Waals surface area contributed by atoms with Crippen LogP contribution in [0.3, 0.4) is 0 Å². The van der Waals surface area contributed by atoms with Gasteiger partial charge in [0.05, 0.1) is 5.92 Å². The number of ether oxygens (including phenoxy) is 1. The van der Waals surface area contributed by atoms with Crippen molar-refractivity contribution >= 4 is 11.8 Å². The minimum atomic E-state index is -0.0418. The number of carbonyl (C=O) groups is 2. The van der Waals surface area contributed by atoms with E-state index in [1.807, 2.05) is 0 Å². The zero-order chi connectivity index (χ0) is 18.1. The Labute approximate surface area is 156 Å². The molecule has 4 fully saturated rings. The third-order valence-corrected chi connectivity index (χ3v) is 8.96. The lowest BCUT2D eigenvalue weighted by molar-refractivity contribution is -0.153. The van der Waals surface area contributed by atoms with E-state index in [0.29, 0.717) is 23.5 Å². The molecular formula is C23H32O3. The normalized spacial score (nSPS) is 47.5. The number of rotatable bonds is 2. The van der Waals surface area contributed by atoms with Crippen molar-refractivity contribution in [3.63, 3.8) is 0 Å². The molecule has 0 unspecified atom stereocenters. The van der Waals surface area contributed by atoms with Crippen molar-refractivity contribution in [1.82, 2.24) is 0 Å². The van der Waals surface area contributed by atoms with E-state index < -0.39 is 0 Å². The molecule has 0 N–H and O–H groups in total. The fourth-order valence-electron chi connectivity index (χ4n) is 7.08. The molecule has 0 bridgehead atoms. The summed E-state index contributed by atoms with van der Waals surface area (Å²) in [5.74, 6) is 2.76. The first-order valence-electron chi connectivity index (χ1n) is 10.8. The second kappa shape index (κ2) is 5.69. The van der Waals surface area contributed by atoms with Crippen molar-refractivity contribution in [2.24, 2.45) is 34.5 Å². The molecule has 0 aromatic heterocycles. The monoisotopic (exact) mass is 356 g/mol. The van der Waals surface area contributed by atoms with Crippen LogP contribution in [0.2, 0.25) is 0 Å². The smallest absolute Gasteiger partial charge is 0.309 e. The number of ketones is 1. The number of Topliss-reactive ketones (excluding diaryl/α,β-unsaturated/α-hetero) is 1. The topological polar surface area (TPSA) is 43.4 Å². The highest BCUT2D eigenvalue weighted by molar-refractivity contribution is 5.87. The average molecular weight is 357 g/mol. The van der Waals surface area contributed by atoms with E-state index in [2.05, 4.69) is 19.9 Å². The lowest BCUT2D eigenvalue weighted by atomic mass is 9.48. The lowest BCUT2D eigenvalue weighted by Crippen LogP contribution is -2.50. The van der Waals surface area contributed by atoms with Gasteiger partial charge in [-0.2, -0.15) is 0 Å². The SMILES string of the molecule is C[C@]12CC[C@H](OC(=O)C3CC3)CC1=CC[C@@H]1[C@@H]2CC[C@]2(C)C(=O)CC[C@@H]12. The van der Waals surface area contributed by atoms with Crippen LogP contribution in [0.1, 0.15) is 78.1 Å². The minimum Gasteiger partial charge on any atom is -0.462 e. The van der Waals surface area contributed by atoms with Crippen LogP contribution < -0.4 is 0 Å². The number of allylic oxidation sites excluding steroid dienone is 1. The summed E-state index contributed by atoms with van der Waals surface area (Å²) in [6, 6.07) is 0. The Kier molecular flexibility index (Phi) is 3.72. The summed E-state index contributed by atoms with van der Waals surface area (Å²) >= 11 is 0. The first kappa shape index (κ1) is 17.0. The molecule has 0 radical (unpaired) electrons. The van der Waals surface area contributed by atoms with Gasteiger partial charge in [-0.1, -0.05) is 25.5 Å². The maximum Gasteiger partial charge on any atom is 0.309 e. The number of fused-ring (bicyclic) bond motifs is 5. The highest BCUT2D eigenvalue weighted by Crippen LogP contribution is 2.64. The molecule has 4 saturated carbocycles. The number of hydrogen-bond acceptors (Lipinski definition) is 3. The molecule has 0 amide bonds. The van der Waals surface area contributed by atoms with E-state index >= 15 is 0 Å². The van der Waals surface area contributed by atoms with Crippen molar-refractivity contribution < 1.29 is 14.3 Å². The second-order valence-corrected chi connectivity index (χ2v) is 10.3. The van der Waals surface area contributed by atoms with Gasteiger partial charge in [0, 0.05) is 18.3 Å². The van der Waals surface area contributed by atoms with E-state index in [9.17, 15) is 9.59 Å². The highest BCUT2D eigenvalue weighted by Gasteiger charge is 2.58. The van der Waals surface area contributed by atoms with Gasteiger partial charge in [-0.3, -0.25) is 9.59 Å². The predicted octanol–water partition coefficient (Wildman–Crippen LogP) is 4.84. The fraction of sp³-hybridized carbons (Fsp3) is 0.826. The Hall–Kier alpha value is -1.12. The summed E-state index contributed by atoms with van der Waals surface area (Å²) in [7, 11) is 0. The Morgan fingerprint density at radius 2 is 1.77 bits per heavy atom. The van der Waals surface area contributed by atoms with Gasteiger partial charge in [0.2, 0.25) is 0 Å². The Bertz CT molecular complexity index is 675. The van der Waals surface area contributed by atoms with Crippen molar-refractivity contribution in [2.75, 3.05) is 0 Å². The molecule has 5 rings (SSSR count). The molecule has 0 aromatic carbocycles. The van der Waals surface area contributed by atoms with Gasteiger partial charge < -0.3 is 4.74 Å². The minimum absolute atomic E-state index is 0.0418. The van der Waals surface area contributed by atoms with Crippen molar-refractivity contribution in [3.8, 4) is 0 Å². The van der Waals surface area contributed by atoms with Crippen molar-refractivity contribution in [2.45, 2.75) is 84.2 Å². The predicted molar refractivity (Wildman–Crippen MR) is 99.3 cm³/mol. The maximum absolute atomic E-state index is 12.5. The molecule has 5 aliphatic carbocycles. The summed E-state index contributed by atoms with van der Waals surface area (Å²) in [5, 5.41) is 0. The van der Waals surface area contributed by atoms with Gasteiger partial charge in [0.25, 0.3) is 0 Å². The third-order valence-electron chi connectivity index (χ3n) is 8.96. The quantitative estimate of drug-likeness (QED) is 0.525. The third kappa shape index (κ3) is 2.38. The van der Waals surface area contributed by atoms with Crippen LogP contribution in [0.5, 0.6) is 0 Å². The van der Waals surface area contributed by atoms with E-state index in [0.717, 1.165) is 57.8 Å². The second-order valence-electron chi connectivity index (χ2n) is 10.3. The zero-order valence-electron chi connectivity index (χ0n) is 16.3. The Morgan fingerprint density at radius 1 is 1.04 bits per heavy atom. The van der Waals surface area contributed by atoms with Crippen LogP contribution in [0.4, 0.5) is 0 Å². The van der Waals surface area contributed by atoms with Gasteiger partial charge in [0.15, 0.2) is 0 Å². The molecule has 0 saturated heterocycles. The zero-order valence-corrected chi connectivity index (χ0v) is 16.3. The van der Waals surface area contributed by atoms with Crippen LogP contribution in [0.15, 0.2) is 11.6 Å². The van der Waals surface area contributed by atoms with Gasteiger partial charge >= 0.3 is 5.97 Å². The van der Waals surface area contributed by atoms with E-state index in [4.69, 9.17) is 4.74 Å². The van der Waals surface area contributed by atoms with Crippen LogP contribution >= 0.6 is 0 Å². The molecule has 0 heterocycles. The molecule has 26 heavy (non-hydrogen) atoms. The molecular weight excluding hydrogens is 324 g/mol. The van der Waals surface area contributed by atoms with Crippen LogP contribution in [-0.4, -0.2) is 17.9 Å². The van der Waals surface area contributed by atoms with Crippen LogP contribution in [-0.2, 0) is 14.3 Å². The molecule has 5 aliphatic rings. The lowest BCUT2D eigenvalue weighted by Gasteiger charge is -2.56. The van der Waals surface area contributed by atoms with Crippen LogP contribution in [0, 0.1) is 34.5 Å². The highest BCUT2D eigenvalue weighted by atomic mass is 16.5. The average Bonchev–Trinajstić information content (AvgIpc) is 3.41. The largest absolute Gasteiger partial charge is 0.462 e. The molecule has 0 aliphatic heterocycles. The number of hydrogen-bond donors (Lipinski definition) is 0. The van der Waals surface area contributed by atoms with Gasteiger partial charge in [-0.15, -0.1) is 0 Å². The molecule has 3 heteroatoms. The molecule has 142 valence electrons. The first-order valence-corrected chi connectivity index (χ1v) is 10.8. The van der Waals surface area contributed by atoms with Gasteiger partial charge in [-0.25, -0.2) is 0 Å². The summed E-state index contributed by atoms with van der Waals surface area (Å²) in [6.45, 7) is 4.72. The summed E-state index contributed by atoms with van der Waals surface area (Å²) in [6.07, 6.45) is 13.0. The molecule has 6 atom stereocenters.